The highest BCUT2D eigenvalue weighted by atomic mass is 35.5. The van der Waals surface area contributed by atoms with Gasteiger partial charge in [0.05, 0.1) is 0 Å². The number of fused-ring (bicyclic) bond motifs is 1. The third-order valence-corrected chi connectivity index (χ3v) is 3.49. The van der Waals surface area contributed by atoms with Crippen molar-refractivity contribution in [3.05, 3.63) is 23.0 Å². The predicted octanol–water partition coefficient (Wildman–Crippen LogP) is 3.75. The fourth-order valence-electron chi connectivity index (χ4n) is 2.24. The average Bonchev–Trinajstić information content (AvgIpc) is 2.52. The van der Waals surface area contributed by atoms with Crippen molar-refractivity contribution in [2.45, 2.75) is 31.7 Å². The topological polar surface area (TPSA) is 30.7 Å². The largest absolute Gasteiger partial charge is 0.320 e. The van der Waals surface area contributed by atoms with E-state index in [-0.39, 0.29) is 16.7 Å². The molecule has 6 heteroatoms. The first-order valence-corrected chi connectivity index (χ1v) is 5.87. The Hall–Kier alpha value is -1.23. The van der Waals surface area contributed by atoms with E-state index in [1.54, 1.807) is 12.1 Å². The van der Waals surface area contributed by atoms with Gasteiger partial charge in [0.2, 0.25) is 0 Å². The van der Waals surface area contributed by atoms with Gasteiger partial charge >= 0.3 is 6.55 Å². The van der Waals surface area contributed by atoms with E-state index >= 15 is 0 Å². The second-order valence-electron chi connectivity index (χ2n) is 4.29. The Morgan fingerprint density at radius 1 is 1.29 bits per heavy atom. The minimum Gasteiger partial charge on any atom is -0.270 e. The number of aromatic nitrogens is 3. The quantitative estimate of drug-likeness (QED) is 0.820. The van der Waals surface area contributed by atoms with Crippen LogP contribution >= 0.6 is 11.6 Å². The summed E-state index contributed by atoms with van der Waals surface area (Å²) >= 11 is 5.72. The molecule has 0 amide bonds. The zero-order chi connectivity index (χ0) is 12.0. The summed E-state index contributed by atoms with van der Waals surface area (Å²) in [6, 6.07) is 3.33. The molecule has 0 spiro atoms. The van der Waals surface area contributed by atoms with Gasteiger partial charge in [-0.1, -0.05) is 18.0 Å². The highest BCUT2D eigenvalue weighted by molar-refractivity contribution is 6.29. The second-order valence-corrected chi connectivity index (χ2v) is 4.68. The summed E-state index contributed by atoms with van der Waals surface area (Å²) < 4.78 is 27.1. The lowest BCUT2D eigenvalue weighted by atomic mass is 9.83. The van der Waals surface area contributed by atoms with E-state index in [2.05, 4.69) is 10.2 Å². The van der Waals surface area contributed by atoms with E-state index in [0.717, 1.165) is 23.8 Å². The number of alkyl halides is 2. The van der Waals surface area contributed by atoms with Crippen molar-refractivity contribution in [1.82, 2.24) is 14.8 Å². The summed E-state index contributed by atoms with van der Waals surface area (Å²) in [5.41, 5.74) is 0.865. The molecule has 90 valence electrons. The lowest BCUT2D eigenvalue weighted by molar-refractivity contribution is 0.0688. The second kappa shape index (κ2) is 3.91. The van der Waals surface area contributed by atoms with E-state index in [1.165, 1.54) is 0 Å². The van der Waals surface area contributed by atoms with Crippen molar-refractivity contribution >= 4 is 22.6 Å². The van der Waals surface area contributed by atoms with Crippen LogP contribution in [0.15, 0.2) is 12.1 Å². The minimum atomic E-state index is -2.58. The molecule has 0 aromatic carbocycles. The first kappa shape index (κ1) is 10.9. The fraction of sp³-hybridized carbons (Fsp3) is 0.455. The van der Waals surface area contributed by atoms with E-state index in [9.17, 15) is 8.78 Å². The Morgan fingerprint density at radius 3 is 2.65 bits per heavy atom. The highest BCUT2D eigenvalue weighted by Crippen LogP contribution is 2.40. The van der Waals surface area contributed by atoms with Gasteiger partial charge in [-0.05, 0) is 30.9 Å². The van der Waals surface area contributed by atoms with Crippen LogP contribution in [0.4, 0.5) is 8.78 Å². The Morgan fingerprint density at radius 2 is 2.06 bits per heavy atom. The third-order valence-electron chi connectivity index (χ3n) is 3.30. The van der Waals surface area contributed by atoms with Crippen molar-refractivity contribution < 1.29 is 8.78 Å². The molecule has 1 fully saturated rings. The molecule has 1 aliphatic rings. The van der Waals surface area contributed by atoms with Gasteiger partial charge in [-0.2, -0.15) is 8.78 Å². The predicted molar refractivity (Wildman–Crippen MR) is 60.4 cm³/mol. The van der Waals surface area contributed by atoms with Crippen LogP contribution in [-0.4, -0.2) is 14.8 Å². The van der Waals surface area contributed by atoms with Crippen molar-refractivity contribution in [1.29, 1.82) is 0 Å². The molecule has 3 nitrogen and oxygen atoms in total. The molecular weight excluding hydrogens is 248 g/mol. The Labute approximate surface area is 101 Å². The summed E-state index contributed by atoms with van der Waals surface area (Å²) in [4.78, 5) is 0. The van der Waals surface area contributed by atoms with Gasteiger partial charge < -0.3 is 0 Å². The summed E-state index contributed by atoms with van der Waals surface area (Å²) in [5.74, 6) is 0.219. The first-order valence-electron chi connectivity index (χ1n) is 5.49. The molecule has 2 aromatic rings. The fourth-order valence-corrected chi connectivity index (χ4v) is 2.40. The number of rotatable bonds is 2. The van der Waals surface area contributed by atoms with Crippen molar-refractivity contribution in [2.24, 2.45) is 0 Å². The molecule has 0 unspecified atom stereocenters. The Balaban J connectivity index is 2.22. The van der Waals surface area contributed by atoms with E-state index < -0.39 is 6.55 Å². The monoisotopic (exact) mass is 257 g/mol. The molecule has 0 atom stereocenters. The van der Waals surface area contributed by atoms with Gasteiger partial charge in [-0.15, -0.1) is 10.2 Å². The molecule has 1 saturated carbocycles. The summed E-state index contributed by atoms with van der Waals surface area (Å²) in [5, 5.41) is 8.25. The van der Waals surface area contributed by atoms with E-state index in [1.807, 2.05) is 0 Å². The molecular formula is C11H10ClF2N3. The van der Waals surface area contributed by atoms with Crippen LogP contribution < -0.4 is 0 Å². The molecule has 2 aromatic heterocycles. The zero-order valence-corrected chi connectivity index (χ0v) is 9.66. The van der Waals surface area contributed by atoms with Crippen molar-refractivity contribution in [3.8, 4) is 0 Å². The first-order chi connectivity index (χ1) is 8.16. The van der Waals surface area contributed by atoms with Crippen LogP contribution in [0.1, 0.15) is 37.4 Å². The Kier molecular flexibility index (Phi) is 2.50. The lowest BCUT2D eigenvalue weighted by Gasteiger charge is -2.26. The molecule has 0 bridgehead atoms. The van der Waals surface area contributed by atoms with Crippen LogP contribution in [0.5, 0.6) is 0 Å². The smallest absolute Gasteiger partial charge is 0.270 e. The van der Waals surface area contributed by atoms with Crippen LogP contribution in [-0.2, 0) is 0 Å². The van der Waals surface area contributed by atoms with Crippen molar-refractivity contribution in [2.75, 3.05) is 0 Å². The van der Waals surface area contributed by atoms with Gasteiger partial charge in [-0.25, -0.2) is 0 Å². The van der Waals surface area contributed by atoms with Gasteiger partial charge in [-0.3, -0.25) is 4.57 Å². The third kappa shape index (κ3) is 1.69. The molecule has 0 N–H and O–H groups in total. The number of nitrogens with zero attached hydrogens (tertiary/aromatic N) is 3. The van der Waals surface area contributed by atoms with Gasteiger partial charge in [0.15, 0.2) is 10.8 Å². The zero-order valence-electron chi connectivity index (χ0n) is 8.91. The normalized spacial score (nSPS) is 16.7. The molecule has 17 heavy (non-hydrogen) atoms. The lowest BCUT2D eigenvalue weighted by Crippen LogP contribution is -2.15. The molecule has 0 saturated heterocycles. The standard InChI is InChI=1S/C11H10ClF2N3/c12-9-5-7-4-8(6-2-1-3-6)17(11(13)14)10(7)16-15-9/h4-6,11H,1-3H2. The van der Waals surface area contributed by atoms with Crippen LogP contribution in [0.3, 0.4) is 0 Å². The molecule has 0 radical (unpaired) electrons. The summed E-state index contributed by atoms with van der Waals surface area (Å²) in [6.45, 7) is -2.58. The van der Waals surface area contributed by atoms with Crippen LogP contribution in [0, 0.1) is 0 Å². The molecule has 0 aliphatic heterocycles. The summed E-state index contributed by atoms with van der Waals surface area (Å²) in [7, 11) is 0. The van der Waals surface area contributed by atoms with Crippen molar-refractivity contribution in [3.63, 3.8) is 0 Å². The van der Waals surface area contributed by atoms with E-state index in [4.69, 9.17) is 11.6 Å². The van der Waals surface area contributed by atoms with Gasteiger partial charge in [0.25, 0.3) is 0 Å². The average molecular weight is 258 g/mol. The molecule has 3 rings (SSSR count). The maximum atomic E-state index is 13.1. The Bertz CT molecular complexity index is 563. The van der Waals surface area contributed by atoms with E-state index in [0.29, 0.717) is 11.1 Å². The highest BCUT2D eigenvalue weighted by Gasteiger charge is 2.27. The summed E-state index contributed by atoms with van der Waals surface area (Å²) in [6.07, 6.45) is 3.02. The number of hydrogen-bond donors (Lipinski definition) is 0. The minimum absolute atomic E-state index is 0.214. The SMILES string of the molecule is FC(F)n1c(C2CCC2)cc2cc(Cl)nnc21. The van der Waals surface area contributed by atoms with Gasteiger partial charge in [0.1, 0.15) is 0 Å². The van der Waals surface area contributed by atoms with Crippen LogP contribution in [0.2, 0.25) is 5.15 Å². The maximum Gasteiger partial charge on any atom is 0.320 e. The molecule has 2 heterocycles. The maximum absolute atomic E-state index is 13.1. The number of hydrogen-bond acceptors (Lipinski definition) is 2. The molecule has 1 aliphatic carbocycles. The van der Waals surface area contributed by atoms with Crippen LogP contribution in [0.25, 0.3) is 11.0 Å². The number of halogens is 3. The van der Waals surface area contributed by atoms with Gasteiger partial charge in [0, 0.05) is 11.1 Å².